The van der Waals surface area contributed by atoms with Gasteiger partial charge in [0.2, 0.25) is 0 Å². The molecule has 0 spiro atoms. The van der Waals surface area contributed by atoms with Crippen molar-refractivity contribution in [3.05, 3.63) is 129 Å². The number of nitrogens with zero attached hydrogens (tertiary/aromatic N) is 4. The molecule has 0 aliphatic heterocycles. The van der Waals surface area contributed by atoms with Gasteiger partial charge in [0.1, 0.15) is 30.8 Å². The maximum absolute atomic E-state index is 11.1. The second-order valence-corrected chi connectivity index (χ2v) is 15.8. The van der Waals surface area contributed by atoms with Crippen LogP contribution in [-0.2, 0) is 35.8 Å². The first-order chi connectivity index (χ1) is 29.8. The number of nitrogens with one attached hydrogen (secondary N) is 1. The Morgan fingerprint density at radius 2 is 1.55 bits per heavy atom. The molecule has 0 unspecified atom stereocenters. The molecule has 322 valence electrons. The lowest BCUT2D eigenvalue weighted by atomic mass is 9.89. The third-order valence-electron chi connectivity index (χ3n) is 10.8. The minimum absolute atomic E-state index is 0.137. The number of hydrogen-bond donors (Lipinski definition) is 5. The summed E-state index contributed by atoms with van der Waals surface area (Å²) < 4.78 is 14.6. The lowest BCUT2D eigenvalue weighted by Crippen LogP contribution is -2.31. The minimum Gasteiger partial charge on any atom is -0.488 e. The monoisotopic (exact) mass is 859 g/mol. The van der Waals surface area contributed by atoms with Gasteiger partial charge in [-0.3, -0.25) is 19.3 Å². The number of aryl methyl sites for hydroxylation is 2. The van der Waals surface area contributed by atoms with Crippen molar-refractivity contribution in [2.24, 2.45) is 0 Å². The van der Waals surface area contributed by atoms with E-state index >= 15 is 0 Å². The van der Waals surface area contributed by atoms with Gasteiger partial charge >= 0.3 is 11.9 Å². The number of halogens is 1. The van der Waals surface area contributed by atoms with E-state index in [0.29, 0.717) is 60.0 Å². The number of fused-ring (bicyclic) bond motifs is 1. The van der Waals surface area contributed by atoms with Crippen LogP contribution in [0.15, 0.2) is 85.2 Å². The second kappa shape index (κ2) is 21.0. The highest BCUT2D eigenvalue weighted by Gasteiger charge is 2.18. The van der Waals surface area contributed by atoms with E-state index in [1.54, 1.807) is 24.4 Å². The Morgan fingerprint density at radius 1 is 0.839 bits per heavy atom. The molecular weight excluding hydrogens is 810 g/mol. The van der Waals surface area contributed by atoms with E-state index in [4.69, 9.17) is 36.4 Å². The average Bonchev–Trinajstić information content (AvgIpc) is 3.55. The summed E-state index contributed by atoms with van der Waals surface area (Å²) in [6, 6.07) is 26.1. The van der Waals surface area contributed by atoms with E-state index in [1.807, 2.05) is 23.7 Å². The summed E-state index contributed by atoms with van der Waals surface area (Å²) in [5.41, 5.74) is 11.2. The van der Waals surface area contributed by atoms with Gasteiger partial charge in [0.15, 0.2) is 0 Å². The first-order valence-corrected chi connectivity index (χ1v) is 20.8. The van der Waals surface area contributed by atoms with Crippen molar-refractivity contribution in [2.75, 3.05) is 13.1 Å². The number of benzene rings is 4. The summed E-state index contributed by atoms with van der Waals surface area (Å²) in [6.07, 6.45) is 1.83. The Bertz CT molecular complexity index is 2600. The SMILES string of the molecule is Cc1c(COc2cc(OCc3cncc(C#N)c3)c(CCC[C@@H](O)CC(=O)O)cc2Cl)cccc1-c1cccc(-c2ccc3c(c2)c(C)nn3CCNC[C@@H](O)CC(=O)O)c1C. The molecule has 2 aromatic heterocycles. The molecule has 0 aliphatic rings. The fourth-order valence-corrected chi connectivity index (χ4v) is 7.81. The number of carbonyl (C=O) groups is 2. The fourth-order valence-electron chi connectivity index (χ4n) is 7.57. The van der Waals surface area contributed by atoms with Crippen LogP contribution >= 0.6 is 11.6 Å². The second-order valence-electron chi connectivity index (χ2n) is 15.4. The zero-order chi connectivity index (χ0) is 44.3. The normalized spacial score (nSPS) is 12.2. The maximum atomic E-state index is 11.1. The van der Waals surface area contributed by atoms with Crippen LogP contribution in [-0.4, -0.2) is 72.4 Å². The van der Waals surface area contributed by atoms with Gasteiger partial charge in [-0.15, -0.1) is 0 Å². The molecule has 0 aliphatic carbocycles. The molecule has 0 amide bonds. The van der Waals surface area contributed by atoms with Crippen LogP contribution in [0.25, 0.3) is 33.2 Å². The van der Waals surface area contributed by atoms with Gasteiger partial charge in [0.05, 0.1) is 53.4 Å². The van der Waals surface area contributed by atoms with E-state index in [9.17, 15) is 25.1 Å². The van der Waals surface area contributed by atoms with Crippen molar-refractivity contribution in [3.63, 3.8) is 0 Å². The topological polar surface area (TPSA) is 200 Å². The molecular formula is C48H50ClN5O8. The number of rotatable bonds is 21. The third kappa shape index (κ3) is 11.5. The number of hydrogen-bond acceptors (Lipinski definition) is 10. The standard InChI is InChI=1S/C48H50ClN5O8/c1-29-36(28-62-46-22-45(61-27-33-17-32(23-50)24-52-25-33)35(19-43(46)49)7-4-9-37(55)20-47(57)58)8-5-11-40(29)41-12-6-10-39(30(41)2)34-13-14-44-42(18-34)31(3)53-54(44)16-15-51-26-38(56)21-48(59)60/h5-6,8,10-14,17-19,22,24-25,37-38,51,55-56H,4,7,9,15-16,20-21,26-28H2,1-3H3,(H,57,58)(H,59,60)/t37-,38+/m1/s1. The van der Waals surface area contributed by atoms with Crippen LogP contribution in [0.1, 0.15) is 64.8 Å². The highest BCUT2D eigenvalue weighted by Crippen LogP contribution is 2.38. The van der Waals surface area contributed by atoms with Crippen LogP contribution in [0.2, 0.25) is 5.02 Å². The predicted molar refractivity (Wildman–Crippen MR) is 236 cm³/mol. The largest absolute Gasteiger partial charge is 0.488 e. The summed E-state index contributed by atoms with van der Waals surface area (Å²) in [4.78, 5) is 26.0. The number of aliphatic hydroxyl groups excluding tert-OH is 2. The van der Waals surface area contributed by atoms with Crippen molar-refractivity contribution in [1.82, 2.24) is 20.1 Å². The summed E-state index contributed by atoms with van der Waals surface area (Å²) >= 11 is 6.81. The van der Waals surface area contributed by atoms with Crippen molar-refractivity contribution >= 4 is 34.4 Å². The number of nitriles is 1. The molecule has 0 radical (unpaired) electrons. The molecule has 4 aromatic carbocycles. The quantitative estimate of drug-likeness (QED) is 0.0438. The van der Waals surface area contributed by atoms with Crippen LogP contribution in [0.4, 0.5) is 0 Å². The number of pyridine rings is 1. The lowest BCUT2D eigenvalue weighted by Gasteiger charge is -2.18. The van der Waals surface area contributed by atoms with E-state index in [1.165, 1.54) is 6.20 Å². The van der Waals surface area contributed by atoms with Gasteiger partial charge in [0, 0.05) is 42.5 Å². The Kier molecular flexibility index (Phi) is 15.3. The van der Waals surface area contributed by atoms with Crippen molar-refractivity contribution < 1.29 is 39.5 Å². The Morgan fingerprint density at radius 3 is 2.31 bits per heavy atom. The maximum Gasteiger partial charge on any atom is 0.306 e. The molecule has 0 bridgehead atoms. The summed E-state index contributed by atoms with van der Waals surface area (Å²) in [5.74, 6) is -1.16. The Hall–Kier alpha value is -6.30. The molecule has 13 nitrogen and oxygen atoms in total. The highest BCUT2D eigenvalue weighted by atomic mass is 35.5. The molecule has 6 rings (SSSR count). The predicted octanol–water partition coefficient (Wildman–Crippen LogP) is 7.96. The average molecular weight is 860 g/mol. The number of aliphatic hydroxyl groups is 2. The van der Waals surface area contributed by atoms with Crippen molar-refractivity contribution in [2.45, 2.75) is 84.8 Å². The number of ether oxygens (including phenoxy) is 2. The zero-order valence-corrected chi connectivity index (χ0v) is 35.7. The first kappa shape index (κ1) is 45.2. The lowest BCUT2D eigenvalue weighted by molar-refractivity contribution is -0.140. The van der Waals surface area contributed by atoms with Crippen LogP contribution in [0, 0.1) is 32.1 Å². The van der Waals surface area contributed by atoms with Crippen LogP contribution < -0.4 is 14.8 Å². The van der Waals surface area contributed by atoms with Crippen LogP contribution in [0.5, 0.6) is 11.5 Å². The Balaban J connectivity index is 1.19. The van der Waals surface area contributed by atoms with Gasteiger partial charge in [-0.25, -0.2) is 0 Å². The summed E-state index contributed by atoms with van der Waals surface area (Å²) in [7, 11) is 0. The zero-order valence-electron chi connectivity index (χ0n) is 34.9. The van der Waals surface area contributed by atoms with Crippen LogP contribution in [0.3, 0.4) is 0 Å². The molecule has 14 heteroatoms. The van der Waals surface area contributed by atoms with Gasteiger partial charge in [-0.1, -0.05) is 54.1 Å². The molecule has 5 N–H and O–H groups in total. The van der Waals surface area contributed by atoms with Gasteiger partial charge in [-0.2, -0.15) is 10.4 Å². The molecule has 0 saturated carbocycles. The van der Waals surface area contributed by atoms with Gasteiger partial charge in [0.25, 0.3) is 0 Å². The summed E-state index contributed by atoms with van der Waals surface area (Å²) in [5, 5.41) is 56.6. The van der Waals surface area contributed by atoms with E-state index < -0.39 is 24.1 Å². The highest BCUT2D eigenvalue weighted by molar-refractivity contribution is 6.32. The molecule has 62 heavy (non-hydrogen) atoms. The molecule has 6 aromatic rings. The van der Waals surface area contributed by atoms with Gasteiger partial charge in [-0.05, 0) is 109 Å². The number of aromatic nitrogens is 3. The van der Waals surface area contributed by atoms with E-state index in [2.05, 4.69) is 72.7 Å². The van der Waals surface area contributed by atoms with Crippen molar-refractivity contribution in [3.8, 4) is 39.8 Å². The van der Waals surface area contributed by atoms with Crippen molar-refractivity contribution in [1.29, 1.82) is 5.26 Å². The van der Waals surface area contributed by atoms with E-state index in [0.717, 1.165) is 61.1 Å². The minimum atomic E-state index is -1.06. The number of carboxylic acids is 2. The van der Waals surface area contributed by atoms with Gasteiger partial charge < -0.3 is 35.2 Å². The third-order valence-corrected chi connectivity index (χ3v) is 11.1. The summed E-state index contributed by atoms with van der Waals surface area (Å²) in [6.45, 7) is 7.82. The number of carboxylic acid groups (broad SMARTS) is 2. The Labute approximate surface area is 365 Å². The first-order valence-electron chi connectivity index (χ1n) is 20.4. The molecule has 0 saturated heterocycles. The van der Waals surface area contributed by atoms with E-state index in [-0.39, 0.29) is 32.6 Å². The smallest absolute Gasteiger partial charge is 0.306 e. The number of aliphatic carboxylic acids is 2. The fraction of sp³-hybridized carbons (Fsp3) is 0.312. The molecule has 2 atom stereocenters. The molecule has 0 fully saturated rings. The molecule has 2 heterocycles.